The van der Waals surface area contributed by atoms with Crippen molar-refractivity contribution in [2.75, 3.05) is 11.2 Å². The van der Waals surface area contributed by atoms with Gasteiger partial charge in [-0.1, -0.05) is 28.1 Å². The van der Waals surface area contributed by atoms with Gasteiger partial charge in [0.25, 0.3) is 0 Å². The molecule has 0 saturated heterocycles. The molecule has 2 atom stereocenters. The van der Waals surface area contributed by atoms with Gasteiger partial charge in [0.1, 0.15) is 0 Å². The molecule has 0 nitrogen and oxygen atoms in total. The minimum Gasteiger partial charge on any atom is -0.126 e. The molecular weight excluding hydrogens is 211 g/mol. The minimum atomic E-state index is 0.700. The van der Waals surface area contributed by atoms with Crippen LogP contribution >= 0.6 is 27.5 Å². The van der Waals surface area contributed by atoms with E-state index in [-0.39, 0.29) is 0 Å². The van der Waals surface area contributed by atoms with Crippen LogP contribution in [0.4, 0.5) is 0 Å². The highest BCUT2D eigenvalue weighted by Crippen LogP contribution is 2.27. The van der Waals surface area contributed by atoms with E-state index >= 15 is 0 Å². The summed E-state index contributed by atoms with van der Waals surface area (Å²) < 4.78 is 0. The van der Waals surface area contributed by atoms with Crippen molar-refractivity contribution < 1.29 is 0 Å². The molecule has 0 saturated carbocycles. The molecule has 1 aliphatic carbocycles. The van der Waals surface area contributed by atoms with Crippen LogP contribution in [-0.4, -0.2) is 11.2 Å². The molecule has 2 heteroatoms. The van der Waals surface area contributed by atoms with Gasteiger partial charge >= 0.3 is 0 Å². The molecule has 1 rings (SSSR count). The first kappa shape index (κ1) is 8.61. The first-order valence-corrected chi connectivity index (χ1v) is 5.31. The molecule has 0 heterocycles. The Bertz CT molecular complexity index is 108. The lowest BCUT2D eigenvalue weighted by atomic mass is 9.86. The average Bonchev–Trinajstić information content (AvgIpc) is 2.04. The molecule has 0 aromatic carbocycles. The number of allylic oxidation sites excluding steroid dienone is 2. The Hall–Kier alpha value is 0.510. The number of hydrogen-bond donors (Lipinski definition) is 0. The number of alkyl halides is 2. The Morgan fingerprint density at radius 3 is 2.30 bits per heavy atom. The van der Waals surface area contributed by atoms with Crippen molar-refractivity contribution in [1.29, 1.82) is 0 Å². The van der Waals surface area contributed by atoms with Crippen LogP contribution in [0.5, 0.6) is 0 Å². The lowest BCUT2D eigenvalue weighted by Crippen LogP contribution is -2.19. The van der Waals surface area contributed by atoms with E-state index in [2.05, 4.69) is 28.1 Å². The molecule has 0 aromatic heterocycles. The van der Waals surface area contributed by atoms with Crippen LogP contribution in [0, 0.1) is 11.8 Å². The van der Waals surface area contributed by atoms with Gasteiger partial charge in [0, 0.05) is 11.2 Å². The largest absolute Gasteiger partial charge is 0.126 e. The van der Waals surface area contributed by atoms with Crippen LogP contribution in [0.1, 0.15) is 12.8 Å². The van der Waals surface area contributed by atoms with Gasteiger partial charge in [-0.05, 0) is 24.7 Å². The summed E-state index contributed by atoms with van der Waals surface area (Å²) >= 11 is 9.30. The van der Waals surface area contributed by atoms with E-state index in [1.807, 2.05) is 0 Å². The second-order valence-electron chi connectivity index (χ2n) is 2.77. The zero-order valence-corrected chi connectivity index (χ0v) is 8.24. The van der Waals surface area contributed by atoms with Crippen LogP contribution in [0.25, 0.3) is 0 Å². The van der Waals surface area contributed by atoms with E-state index in [1.54, 1.807) is 0 Å². The Morgan fingerprint density at radius 2 is 1.90 bits per heavy atom. The van der Waals surface area contributed by atoms with Crippen LogP contribution < -0.4 is 0 Å². The first-order valence-electron chi connectivity index (χ1n) is 3.65. The van der Waals surface area contributed by atoms with Crippen molar-refractivity contribution in [2.24, 2.45) is 11.8 Å². The van der Waals surface area contributed by atoms with Gasteiger partial charge in [-0.2, -0.15) is 0 Å². The van der Waals surface area contributed by atoms with Gasteiger partial charge in [0.2, 0.25) is 0 Å². The molecule has 0 N–H and O–H groups in total. The number of halogens is 2. The summed E-state index contributed by atoms with van der Waals surface area (Å²) in [5.41, 5.74) is 0. The monoisotopic (exact) mass is 222 g/mol. The van der Waals surface area contributed by atoms with Crippen LogP contribution in [0.15, 0.2) is 12.2 Å². The molecule has 0 radical (unpaired) electrons. The SMILES string of the molecule is ClCC1CC=CCC1CBr. The average molecular weight is 224 g/mol. The second kappa shape index (κ2) is 4.40. The molecule has 0 bridgehead atoms. The van der Waals surface area contributed by atoms with Crippen LogP contribution in [0.3, 0.4) is 0 Å². The van der Waals surface area contributed by atoms with E-state index in [4.69, 9.17) is 11.6 Å². The maximum absolute atomic E-state index is 5.80. The highest BCUT2D eigenvalue weighted by molar-refractivity contribution is 9.09. The van der Waals surface area contributed by atoms with E-state index in [9.17, 15) is 0 Å². The maximum atomic E-state index is 5.80. The minimum absolute atomic E-state index is 0.700. The van der Waals surface area contributed by atoms with Gasteiger partial charge in [0.05, 0.1) is 0 Å². The maximum Gasteiger partial charge on any atom is 0.0257 e. The third-order valence-electron chi connectivity index (χ3n) is 2.11. The summed E-state index contributed by atoms with van der Waals surface area (Å²) in [5.74, 6) is 2.27. The normalized spacial score (nSPS) is 32.6. The van der Waals surface area contributed by atoms with Crippen molar-refractivity contribution in [3.05, 3.63) is 12.2 Å². The Morgan fingerprint density at radius 1 is 1.30 bits per heavy atom. The highest BCUT2D eigenvalue weighted by atomic mass is 79.9. The van der Waals surface area contributed by atoms with Gasteiger partial charge in [0.15, 0.2) is 0 Å². The molecule has 2 unspecified atom stereocenters. The highest BCUT2D eigenvalue weighted by Gasteiger charge is 2.19. The molecule has 0 amide bonds. The first-order chi connectivity index (χ1) is 4.88. The molecule has 10 heavy (non-hydrogen) atoms. The molecule has 0 spiro atoms. The van der Waals surface area contributed by atoms with Crippen LogP contribution in [0.2, 0.25) is 0 Å². The fraction of sp³-hybridized carbons (Fsp3) is 0.750. The summed E-state index contributed by atoms with van der Waals surface area (Å²) in [6.45, 7) is 0. The molecule has 0 fully saturated rings. The van der Waals surface area contributed by atoms with Gasteiger partial charge in [-0.25, -0.2) is 0 Å². The second-order valence-corrected chi connectivity index (χ2v) is 3.73. The van der Waals surface area contributed by atoms with E-state index < -0.39 is 0 Å². The lowest BCUT2D eigenvalue weighted by Gasteiger charge is -2.24. The number of rotatable bonds is 2. The summed E-state index contributed by atoms with van der Waals surface area (Å²) in [7, 11) is 0. The zero-order valence-electron chi connectivity index (χ0n) is 5.89. The van der Waals surface area contributed by atoms with Gasteiger partial charge in [-0.3, -0.25) is 0 Å². The van der Waals surface area contributed by atoms with Crippen molar-refractivity contribution in [3.63, 3.8) is 0 Å². The third-order valence-corrected chi connectivity index (χ3v) is 3.34. The molecular formula is C8H12BrCl. The van der Waals surface area contributed by atoms with Crippen molar-refractivity contribution in [3.8, 4) is 0 Å². The lowest BCUT2D eigenvalue weighted by molar-refractivity contribution is 0.393. The molecule has 1 aliphatic rings. The van der Waals surface area contributed by atoms with E-state index in [0.717, 1.165) is 17.1 Å². The van der Waals surface area contributed by atoms with Crippen molar-refractivity contribution in [1.82, 2.24) is 0 Å². The van der Waals surface area contributed by atoms with E-state index in [1.165, 1.54) is 12.8 Å². The summed E-state index contributed by atoms with van der Waals surface area (Å²) in [6, 6.07) is 0. The van der Waals surface area contributed by atoms with Gasteiger partial charge < -0.3 is 0 Å². The summed E-state index contributed by atoms with van der Waals surface area (Å²) in [4.78, 5) is 0. The molecule has 58 valence electrons. The smallest absolute Gasteiger partial charge is 0.0257 e. The molecule has 0 aromatic rings. The van der Waals surface area contributed by atoms with E-state index in [0.29, 0.717) is 5.92 Å². The zero-order chi connectivity index (χ0) is 7.40. The van der Waals surface area contributed by atoms with Crippen molar-refractivity contribution in [2.45, 2.75) is 12.8 Å². The third kappa shape index (κ3) is 2.00. The number of hydrogen-bond acceptors (Lipinski definition) is 0. The predicted molar refractivity (Wildman–Crippen MR) is 49.9 cm³/mol. The standard InChI is InChI=1S/C8H12BrCl/c9-5-7-3-1-2-4-8(7)6-10/h1-2,7-8H,3-6H2. The van der Waals surface area contributed by atoms with Crippen molar-refractivity contribution >= 4 is 27.5 Å². The molecule has 0 aliphatic heterocycles. The topological polar surface area (TPSA) is 0 Å². The van der Waals surface area contributed by atoms with Gasteiger partial charge in [-0.15, -0.1) is 11.6 Å². The quantitative estimate of drug-likeness (QED) is 0.498. The fourth-order valence-electron chi connectivity index (χ4n) is 1.30. The predicted octanol–water partition coefficient (Wildman–Crippen LogP) is 3.20. The van der Waals surface area contributed by atoms with Crippen LogP contribution in [-0.2, 0) is 0 Å². The fourth-order valence-corrected chi connectivity index (χ4v) is 2.48. The Kier molecular flexibility index (Phi) is 3.79. The summed E-state index contributed by atoms with van der Waals surface area (Å²) in [6.07, 6.45) is 6.86. The Balaban J connectivity index is 2.45. The Labute approximate surface area is 75.8 Å². The summed E-state index contributed by atoms with van der Waals surface area (Å²) in [5, 5.41) is 1.09.